The van der Waals surface area contributed by atoms with E-state index >= 15 is 0 Å². The van der Waals surface area contributed by atoms with Gasteiger partial charge in [-0.15, -0.1) is 13.9 Å². The molecule has 1 saturated carbocycles. The second kappa shape index (κ2) is 9.16. The van der Waals surface area contributed by atoms with Gasteiger partial charge in [0, 0.05) is 25.7 Å². The first-order valence-electron chi connectivity index (χ1n) is 12.2. The number of rotatable bonds is 6. The van der Waals surface area contributed by atoms with Crippen molar-refractivity contribution in [3.05, 3.63) is 65.5 Å². The first kappa shape index (κ1) is 22.4. The second-order valence-electron chi connectivity index (χ2n) is 9.47. The van der Waals surface area contributed by atoms with Crippen molar-refractivity contribution < 1.29 is 18.3 Å². The van der Waals surface area contributed by atoms with Gasteiger partial charge in [0.05, 0.1) is 12.6 Å². The second-order valence-corrected chi connectivity index (χ2v) is 9.47. The van der Waals surface area contributed by atoms with E-state index in [4.69, 9.17) is 4.74 Å². The van der Waals surface area contributed by atoms with Gasteiger partial charge in [-0.1, -0.05) is 42.8 Å². The SMILES string of the molecule is FC1(F)Oc2ccc(C(c3nnnn3Cc3ccccc3)N3CCCN(C4CCC4)CC3)cc2O1. The Morgan fingerprint density at radius 3 is 2.57 bits per heavy atom. The van der Waals surface area contributed by atoms with Crippen LogP contribution in [0.25, 0.3) is 0 Å². The first-order valence-corrected chi connectivity index (χ1v) is 12.2. The van der Waals surface area contributed by atoms with Crippen molar-refractivity contribution in [1.82, 2.24) is 30.0 Å². The summed E-state index contributed by atoms with van der Waals surface area (Å²) in [6.07, 6.45) is 1.22. The van der Waals surface area contributed by atoms with Crippen LogP contribution in [0.5, 0.6) is 11.5 Å². The summed E-state index contributed by atoms with van der Waals surface area (Å²) < 4.78 is 38.6. The van der Waals surface area contributed by atoms with Gasteiger partial charge in [0.25, 0.3) is 0 Å². The van der Waals surface area contributed by atoms with Gasteiger partial charge in [0.1, 0.15) is 0 Å². The fourth-order valence-corrected chi connectivity index (χ4v) is 5.27. The Hall–Kier alpha value is -3.11. The molecule has 3 aliphatic rings. The van der Waals surface area contributed by atoms with Gasteiger partial charge in [-0.3, -0.25) is 9.80 Å². The summed E-state index contributed by atoms with van der Waals surface area (Å²) in [5.74, 6) is 0.746. The number of aromatic nitrogens is 4. The Balaban J connectivity index is 1.34. The molecule has 1 aromatic heterocycles. The third kappa shape index (κ3) is 4.60. The molecule has 2 aliphatic heterocycles. The molecule has 2 aromatic carbocycles. The highest BCUT2D eigenvalue weighted by Crippen LogP contribution is 2.43. The van der Waals surface area contributed by atoms with Crippen LogP contribution >= 0.6 is 0 Å². The molecule has 3 heterocycles. The van der Waals surface area contributed by atoms with Gasteiger partial charge in [-0.05, 0) is 59.5 Å². The molecule has 1 unspecified atom stereocenters. The zero-order valence-electron chi connectivity index (χ0n) is 19.4. The summed E-state index contributed by atoms with van der Waals surface area (Å²) in [5, 5.41) is 12.7. The van der Waals surface area contributed by atoms with Crippen LogP contribution < -0.4 is 9.47 Å². The highest BCUT2D eigenvalue weighted by Gasteiger charge is 2.44. The fourth-order valence-electron chi connectivity index (χ4n) is 5.27. The summed E-state index contributed by atoms with van der Waals surface area (Å²) in [6.45, 7) is 4.24. The molecule has 1 atom stereocenters. The van der Waals surface area contributed by atoms with Crippen molar-refractivity contribution in [1.29, 1.82) is 0 Å². The highest BCUT2D eigenvalue weighted by molar-refractivity contribution is 5.47. The maximum absolute atomic E-state index is 13.7. The van der Waals surface area contributed by atoms with Gasteiger partial charge in [0.15, 0.2) is 17.3 Å². The Kier molecular flexibility index (Phi) is 5.85. The predicted molar refractivity (Wildman–Crippen MR) is 123 cm³/mol. The van der Waals surface area contributed by atoms with E-state index in [1.807, 2.05) is 36.4 Å². The van der Waals surface area contributed by atoms with Crippen LogP contribution in [0.15, 0.2) is 48.5 Å². The maximum Gasteiger partial charge on any atom is 0.586 e. The number of tetrazole rings is 1. The average Bonchev–Trinajstić information content (AvgIpc) is 3.29. The number of hydrogen-bond donors (Lipinski definition) is 0. The number of benzene rings is 2. The van der Waals surface area contributed by atoms with E-state index in [9.17, 15) is 8.78 Å². The molecule has 6 rings (SSSR count). The van der Waals surface area contributed by atoms with Crippen LogP contribution in [0.2, 0.25) is 0 Å². The molecule has 2 fully saturated rings. The largest absolute Gasteiger partial charge is 0.586 e. The molecule has 1 aliphatic carbocycles. The molecule has 1 saturated heterocycles. The van der Waals surface area contributed by atoms with Crippen molar-refractivity contribution >= 4 is 0 Å². The molecule has 0 amide bonds. The van der Waals surface area contributed by atoms with E-state index in [1.54, 1.807) is 16.8 Å². The molecule has 3 aromatic rings. The van der Waals surface area contributed by atoms with Crippen LogP contribution in [0.3, 0.4) is 0 Å². The van der Waals surface area contributed by atoms with Crippen molar-refractivity contribution in [2.75, 3.05) is 26.2 Å². The van der Waals surface area contributed by atoms with E-state index in [0.29, 0.717) is 18.4 Å². The third-order valence-electron chi connectivity index (χ3n) is 7.24. The number of nitrogens with zero attached hydrogens (tertiary/aromatic N) is 6. The molecule has 184 valence electrons. The maximum atomic E-state index is 13.7. The minimum absolute atomic E-state index is 0.0329. The number of fused-ring (bicyclic) bond motifs is 1. The topological polar surface area (TPSA) is 68.5 Å². The normalized spacial score (nSPS) is 21.4. The van der Waals surface area contributed by atoms with Crippen LogP contribution in [0, 0.1) is 0 Å². The Morgan fingerprint density at radius 2 is 1.77 bits per heavy atom. The lowest BCUT2D eigenvalue weighted by atomic mass is 9.91. The van der Waals surface area contributed by atoms with E-state index in [-0.39, 0.29) is 17.5 Å². The van der Waals surface area contributed by atoms with Gasteiger partial charge in [-0.25, -0.2) is 4.68 Å². The molecule has 0 spiro atoms. The van der Waals surface area contributed by atoms with Gasteiger partial charge in [0.2, 0.25) is 0 Å². The van der Waals surface area contributed by atoms with Crippen molar-refractivity contribution in [2.45, 2.75) is 50.6 Å². The van der Waals surface area contributed by atoms with Crippen LogP contribution in [-0.2, 0) is 6.54 Å². The molecule has 10 heteroatoms. The Labute approximate surface area is 202 Å². The van der Waals surface area contributed by atoms with Crippen LogP contribution in [-0.4, -0.2) is 68.5 Å². The zero-order valence-corrected chi connectivity index (χ0v) is 19.4. The highest BCUT2D eigenvalue weighted by atomic mass is 19.3. The molecular weight excluding hydrogens is 454 g/mol. The zero-order chi connectivity index (χ0) is 23.8. The third-order valence-corrected chi connectivity index (χ3v) is 7.24. The van der Waals surface area contributed by atoms with Crippen LogP contribution in [0.1, 0.15) is 48.7 Å². The summed E-state index contributed by atoms with van der Waals surface area (Å²) >= 11 is 0. The molecule has 8 nitrogen and oxygen atoms in total. The van der Waals surface area contributed by atoms with Gasteiger partial charge < -0.3 is 9.47 Å². The summed E-state index contributed by atoms with van der Waals surface area (Å²) in [4.78, 5) is 4.95. The van der Waals surface area contributed by atoms with Crippen molar-refractivity contribution in [2.24, 2.45) is 0 Å². The number of hydrogen-bond acceptors (Lipinski definition) is 7. The quantitative estimate of drug-likeness (QED) is 0.531. The number of alkyl halides is 2. The van der Waals surface area contributed by atoms with Crippen molar-refractivity contribution in [3.8, 4) is 11.5 Å². The molecule has 0 bridgehead atoms. The first-order chi connectivity index (χ1) is 17.1. The van der Waals surface area contributed by atoms with E-state index in [0.717, 1.165) is 43.7 Å². The van der Waals surface area contributed by atoms with E-state index in [2.05, 4.69) is 30.1 Å². The Morgan fingerprint density at radius 1 is 0.943 bits per heavy atom. The summed E-state index contributed by atoms with van der Waals surface area (Å²) in [6, 6.07) is 15.4. The average molecular weight is 483 g/mol. The monoisotopic (exact) mass is 482 g/mol. The molecule has 0 N–H and O–H groups in total. The number of ether oxygens (including phenoxy) is 2. The van der Waals surface area contributed by atoms with Gasteiger partial charge >= 0.3 is 6.29 Å². The summed E-state index contributed by atoms with van der Waals surface area (Å²) in [5.41, 5.74) is 1.88. The minimum atomic E-state index is -3.66. The fraction of sp³-hybridized carbons (Fsp3) is 0.480. The minimum Gasteiger partial charge on any atom is -0.395 e. The molecule has 35 heavy (non-hydrogen) atoms. The standard InChI is InChI=1S/C25H28F2N6O2/c26-25(27)34-21-11-10-19(16-22(21)35-25)23(32-13-5-12-31(14-15-32)20-8-4-9-20)24-28-29-30-33(24)17-18-6-2-1-3-7-18/h1-3,6-7,10-11,16,20,23H,4-5,8-9,12-15,17H2. The smallest absolute Gasteiger partial charge is 0.395 e. The predicted octanol–water partition coefficient (Wildman–Crippen LogP) is 3.69. The van der Waals surface area contributed by atoms with E-state index in [1.165, 1.54) is 19.3 Å². The lowest BCUT2D eigenvalue weighted by Gasteiger charge is -2.37. The lowest BCUT2D eigenvalue weighted by Crippen LogP contribution is -2.42. The molecular formula is C25H28F2N6O2. The lowest BCUT2D eigenvalue weighted by molar-refractivity contribution is -0.286. The Bertz CT molecular complexity index is 1170. The van der Waals surface area contributed by atoms with Gasteiger partial charge in [-0.2, -0.15) is 0 Å². The molecule has 0 radical (unpaired) electrons. The van der Waals surface area contributed by atoms with Crippen molar-refractivity contribution in [3.63, 3.8) is 0 Å². The number of halogens is 2. The van der Waals surface area contributed by atoms with E-state index < -0.39 is 6.29 Å². The summed E-state index contributed by atoms with van der Waals surface area (Å²) in [7, 11) is 0. The van der Waals surface area contributed by atoms with Crippen LogP contribution in [0.4, 0.5) is 8.78 Å².